The second-order valence-electron chi connectivity index (χ2n) is 2.93. The van der Waals surface area contributed by atoms with E-state index in [0.717, 1.165) is 30.6 Å². The van der Waals surface area contributed by atoms with E-state index in [1.807, 2.05) is 6.07 Å². The van der Waals surface area contributed by atoms with Crippen LogP contribution in [0.15, 0.2) is 17.4 Å². The van der Waals surface area contributed by atoms with E-state index >= 15 is 0 Å². The Kier molecular flexibility index (Phi) is 2.12. The Morgan fingerprint density at radius 2 is 2.54 bits per heavy atom. The third-order valence-electron chi connectivity index (χ3n) is 1.98. The number of oxime groups is 1. The summed E-state index contributed by atoms with van der Waals surface area (Å²) in [5.41, 5.74) is 1.88. The van der Waals surface area contributed by atoms with Crippen LogP contribution in [0.4, 0.5) is 0 Å². The Morgan fingerprint density at radius 3 is 3.38 bits per heavy atom. The summed E-state index contributed by atoms with van der Waals surface area (Å²) in [6.07, 6.45) is 5.00. The van der Waals surface area contributed by atoms with Gasteiger partial charge in [-0.1, -0.05) is 5.16 Å². The van der Waals surface area contributed by atoms with Crippen LogP contribution in [-0.2, 0) is 6.42 Å². The fourth-order valence-corrected chi connectivity index (χ4v) is 1.39. The lowest BCUT2D eigenvalue weighted by molar-refractivity contribution is 0.276. The molecule has 0 spiro atoms. The molecule has 1 aliphatic rings. The van der Waals surface area contributed by atoms with E-state index in [1.54, 1.807) is 6.20 Å². The zero-order chi connectivity index (χ0) is 9.10. The molecule has 2 heterocycles. The Balaban J connectivity index is 2.35. The molecular formula is C9H10N2O2. The second-order valence-corrected chi connectivity index (χ2v) is 2.93. The summed E-state index contributed by atoms with van der Waals surface area (Å²) in [5.74, 6) is 0.710. The summed E-state index contributed by atoms with van der Waals surface area (Å²) in [4.78, 5) is 4.11. The van der Waals surface area contributed by atoms with Crippen molar-refractivity contribution in [1.82, 2.24) is 4.98 Å². The molecule has 0 saturated carbocycles. The fourth-order valence-electron chi connectivity index (χ4n) is 1.39. The van der Waals surface area contributed by atoms with Gasteiger partial charge in [-0.2, -0.15) is 0 Å². The van der Waals surface area contributed by atoms with Crippen molar-refractivity contribution in [3.8, 4) is 5.88 Å². The minimum atomic E-state index is 0.710. The highest BCUT2D eigenvalue weighted by atomic mass is 16.5. The van der Waals surface area contributed by atoms with Crippen LogP contribution >= 0.6 is 0 Å². The first-order chi connectivity index (χ1) is 6.40. The number of hydrogen-bond donors (Lipinski definition) is 1. The summed E-state index contributed by atoms with van der Waals surface area (Å²) in [7, 11) is 0. The van der Waals surface area contributed by atoms with Gasteiger partial charge in [0.1, 0.15) is 0 Å². The molecule has 13 heavy (non-hydrogen) atoms. The topological polar surface area (TPSA) is 54.7 Å². The molecule has 0 fully saturated rings. The van der Waals surface area contributed by atoms with Crippen molar-refractivity contribution < 1.29 is 9.94 Å². The maximum Gasteiger partial charge on any atom is 0.216 e. The highest BCUT2D eigenvalue weighted by Gasteiger charge is 2.11. The maximum absolute atomic E-state index is 8.33. The monoisotopic (exact) mass is 178 g/mol. The molecule has 0 bridgehead atoms. The van der Waals surface area contributed by atoms with Gasteiger partial charge in [0.25, 0.3) is 0 Å². The van der Waals surface area contributed by atoms with Gasteiger partial charge in [-0.05, 0) is 18.9 Å². The van der Waals surface area contributed by atoms with E-state index in [2.05, 4.69) is 10.1 Å². The molecule has 0 unspecified atom stereocenters. The highest BCUT2D eigenvalue weighted by Crippen LogP contribution is 2.21. The molecule has 4 heteroatoms. The first-order valence-corrected chi connectivity index (χ1v) is 4.19. The molecule has 1 N–H and O–H groups in total. The Hall–Kier alpha value is -1.58. The van der Waals surface area contributed by atoms with E-state index in [4.69, 9.17) is 9.94 Å². The summed E-state index contributed by atoms with van der Waals surface area (Å²) >= 11 is 0. The first kappa shape index (κ1) is 8.04. The third kappa shape index (κ3) is 1.61. The van der Waals surface area contributed by atoms with Crippen LogP contribution in [0.25, 0.3) is 0 Å². The van der Waals surface area contributed by atoms with E-state index in [1.165, 1.54) is 6.21 Å². The first-order valence-electron chi connectivity index (χ1n) is 4.19. The Morgan fingerprint density at radius 1 is 1.62 bits per heavy atom. The standard InChI is InChI=1S/C9H10N2O2/c12-11-6-7-4-8-2-1-3-13-9(8)10-5-7/h4-6,12H,1-3H2/b11-6-. The molecular weight excluding hydrogens is 168 g/mol. The lowest BCUT2D eigenvalue weighted by Gasteiger charge is -2.15. The number of aromatic nitrogens is 1. The molecule has 68 valence electrons. The van der Waals surface area contributed by atoms with Crippen molar-refractivity contribution in [2.24, 2.45) is 5.16 Å². The van der Waals surface area contributed by atoms with Gasteiger partial charge < -0.3 is 9.94 Å². The van der Waals surface area contributed by atoms with Gasteiger partial charge >= 0.3 is 0 Å². The van der Waals surface area contributed by atoms with Crippen LogP contribution in [0, 0.1) is 0 Å². The fraction of sp³-hybridized carbons (Fsp3) is 0.333. The number of ether oxygens (including phenoxy) is 1. The Labute approximate surface area is 75.9 Å². The van der Waals surface area contributed by atoms with Crippen molar-refractivity contribution in [2.45, 2.75) is 12.8 Å². The molecule has 0 radical (unpaired) electrons. The van der Waals surface area contributed by atoms with Gasteiger partial charge in [-0.3, -0.25) is 0 Å². The van der Waals surface area contributed by atoms with Gasteiger partial charge in [0, 0.05) is 17.3 Å². The minimum Gasteiger partial charge on any atom is -0.477 e. The van der Waals surface area contributed by atoms with Gasteiger partial charge in [-0.25, -0.2) is 4.98 Å². The van der Waals surface area contributed by atoms with Crippen LogP contribution in [0.5, 0.6) is 5.88 Å². The lowest BCUT2D eigenvalue weighted by atomic mass is 10.1. The predicted octanol–water partition coefficient (Wildman–Crippen LogP) is 1.21. The molecule has 0 amide bonds. The largest absolute Gasteiger partial charge is 0.477 e. The maximum atomic E-state index is 8.33. The summed E-state index contributed by atoms with van der Waals surface area (Å²) in [6, 6.07) is 1.93. The third-order valence-corrected chi connectivity index (χ3v) is 1.98. The molecule has 2 rings (SSSR count). The van der Waals surface area contributed by atoms with E-state index in [9.17, 15) is 0 Å². The second kappa shape index (κ2) is 3.43. The van der Waals surface area contributed by atoms with Crippen LogP contribution in [-0.4, -0.2) is 23.0 Å². The van der Waals surface area contributed by atoms with Crippen molar-refractivity contribution in [3.05, 3.63) is 23.4 Å². The molecule has 4 nitrogen and oxygen atoms in total. The van der Waals surface area contributed by atoms with Crippen molar-refractivity contribution in [3.63, 3.8) is 0 Å². The van der Waals surface area contributed by atoms with E-state index < -0.39 is 0 Å². The van der Waals surface area contributed by atoms with Crippen molar-refractivity contribution >= 4 is 6.21 Å². The van der Waals surface area contributed by atoms with Crippen LogP contribution in [0.3, 0.4) is 0 Å². The van der Waals surface area contributed by atoms with Crippen molar-refractivity contribution in [1.29, 1.82) is 0 Å². The normalized spacial score (nSPS) is 15.4. The molecule has 1 aliphatic heterocycles. The van der Waals surface area contributed by atoms with Gasteiger partial charge in [0.05, 0.1) is 12.8 Å². The quantitative estimate of drug-likeness (QED) is 0.399. The lowest BCUT2D eigenvalue weighted by Crippen LogP contribution is -2.10. The molecule has 0 atom stereocenters. The zero-order valence-electron chi connectivity index (χ0n) is 7.10. The molecule has 1 aromatic heterocycles. The Bertz CT molecular complexity index is 336. The number of aryl methyl sites for hydroxylation is 1. The number of nitrogens with zero attached hydrogens (tertiary/aromatic N) is 2. The average molecular weight is 178 g/mol. The number of hydrogen-bond acceptors (Lipinski definition) is 4. The smallest absolute Gasteiger partial charge is 0.216 e. The van der Waals surface area contributed by atoms with Gasteiger partial charge in [-0.15, -0.1) is 0 Å². The van der Waals surface area contributed by atoms with Gasteiger partial charge in [0.15, 0.2) is 0 Å². The molecule has 1 aromatic rings. The number of pyridine rings is 1. The zero-order valence-corrected chi connectivity index (χ0v) is 7.10. The predicted molar refractivity (Wildman–Crippen MR) is 47.4 cm³/mol. The van der Waals surface area contributed by atoms with Crippen LogP contribution in [0.2, 0.25) is 0 Å². The van der Waals surface area contributed by atoms with Gasteiger partial charge in [0.2, 0.25) is 5.88 Å². The molecule has 0 aliphatic carbocycles. The molecule has 0 aromatic carbocycles. The average Bonchev–Trinajstić information content (AvgIpc) is 2.18. The summed E-state index contributed by atoms with van der Waals surface area (Å²) in [6.45, 7) is 0.743. The number of rotatable bonds is 1. The highest BCUT2D eigenvalue weighted by molar-refractivity contribution is 5.79. The van der Waals surface area contributed by atoms with Crippen LogP contribution < -0.4 is 4.74 Å². The van der Waals surface area contributed by atoms with E-state index in [0.29, 0.717) is 5.88 Å². The van der Waals surface area contributed by atoms with Crippen molar-refractivity contribution in [2.75, 3.05) is 6.61 Å². The summed E-state index contributed by atoms with van der Waals surface area (Å²) in [5, 5.41) is 11.3. The SMILES string of the molecule is O/N=C\c1cnc2c(c1)CCCO2. The van der Waals surface area contributed by atoms with Crippen LogP contribution in [0.1, 0.15) is 17.5 Å². The summed E-state index contributed by atoms with van der Waals surface area (Å²) < 4.78 is 5.34. The molecule has 0 saturated heterocycles. The minimum absolute atomic E-state index is 0.710. The van der Waals surface area contributed by atoms with E-state index in [-0.39, 0.29) is 0 Å². The number of fused-ring (bicyclic) bond motifs is 1.